The molecule has 1 rings (SSSR count). The number of halogens is 1. The van der Waals surface area contributed by atoms with Crippen molar-refractivity contribution < 1.29 is 14.6 Å². The van der Waals surface area contributed by atoms with Crippen molar-refractivity contribution in [2.45, 2.75) is 26.0 Å². The maximum absolute atomic E-state index is 9.09. The van der Waals surface area contributed by atoms with E-state index in [9.17, 15) is 0 Å². The molecule has 0 aliphatic carbocycles. The predicted molar refractivity (Wildman–Crippen MR) is 70.5 cm³/mol. The van der Waals surface area contributed by atoms with Crippen LogP contribution in [0, 0.1) is 0 Å². The summed E-state index contributed by atoms with van der Waals surface area (Å²) in [5.41, 5.74) is 6.61. The van der Waals surface area contributed by atoms with Crippen LogP contribution in [0.5, 0.6) is 11.5 Å². The minimum atomic E-state index is -0.440. The molecule has 0 heterocycles. The summed E-state index contributed by atoms with van der Waals surface area (Å²) in [6.45, 7) is 3.76. The van der Waals surface area contributed by atoms with Gasteiger partial charge in [0, 0.05) is 4.47 Å². The summed E-state index contributed by atoms with van der Waals surface area (Å²) in [7, 11) is 1.58. The highest BCUT2D eigenvalue weighted by Gasteiger charge is 2.15. The second kappa shape index (κ2) is 6.23. The molecule has 1 aromatic rings. The second-order valence-corrected chi connectivity index (χ2v) is 4.83. The van der Waals surface area contributed by atoms with Gasteiger partial charge in [0.2, 0.25) is 0 Å². The summed E-state index contributed by atoms with van der Waals surface area (Å²) in [5, 5.41) is 9.09. The fourth-order valence-electron chi connectivity index (χ4n) is 1.44. The van der Waals surface area contributed by atoms with E-state index in [0.717, 1.165) is 10.0 Å². The quantitative estimate of drug-likeness (QED) is 0.875. The first-order valence-corrected chi connectivity index (χ1v) is 6.19. The molecule has 1 unspecified atom stereocenters. The Balaban J connectivity index is 3.17. The van der Waals surface area contributed by atoms with Gasteiger partial charge in [-0.15, -0.1) is 0 Å². The van der Waals surface area contributed by atoms with Gasteiger partial charge in [0.15, 0.2) is 11.5 Å². The van der Waals surface area contributed by atoms with Gasteiger partial charge in [-0.3, -0.25) is 0 Å². The Labute approximate surface area is 110 Å². The molecule has 5 heteroatoms. The molecule has 0 aromatic heterocycles. The first-order valence-electron chi connectivity index (χ1n) is 5.40. The lowest BCUT2D eigenvalue weighted by Gasteiger charge is -2.18. The number of nitrogens with two attached hydrogens (primary N) is 1. The van der Waals surface area contributed by atoms with Crippen LogP contribution >= 0.6 is 15.9 Å². The lowest BCUT2D eigenvalue weighted by Crippen LogP contribution is -2.16. The monoisotopic (exact) mass is 303 g/mol. The van der Waals surface area contributed by atoms with E-state index < -0.39 is 6.04 Å². The summed E-state index contributed by atoms with van der Waals surface area (Å²) in [4.78, 5) is 0. The number of hydrogen-bond donors (Lipinski definition) is 2. The van der Waals surface area contributed by atoms with Crippen molar-refractivity contribution in [3.63, 3.8) is 0 Å². The van der Waals surface area contributed by atoms with Crippen LogP contribution < -0.4 is 15.2 Å². The first-order chi connectivity index (χ1) is 7.99. The van der Waals surface area contributed by atoms with E-state index in [4.69, 9.17) is 20.3 Å². The Kier molecular flexibility index (Phi) is 5.24. The average Bonchev–Trinajstić information content (AvgIpc) is 2.29. The van der Waals surface area contributed by atoms with Gasteiger partial charge >= 0.3 is 0 Å². The summed E-state index contributed by atoms with van der Waals surface area (Å²) in [5.74, 6) is 1.27. The van der Waals surface area contributed by atoms with Gasteiger partial charge in [0.1, 0.15) is 0 Å². The standard InChI is InChI=1S/C12H18BrNO3/c1-7(2)17-12-4-8(10(14)6-15)9(13)5-11(12)16-3/h4-5,7,10,15H,6,14H2,1-3H3. The van der Waals surface area contributed by atoms with E-state index >= 15 is 0 Å². The zero-order chi connectivity index (χ0) is 13.0. The van der Waals surface area contributed by atoms with E-state index in [-0.39, 0.29) is 12.7 Å². The zero-order valence-corrected chi connectivity index (χ0v) is 11.8. The molecule has 0 saturated carbocycles. The van der Waals surface area contributed by atoms with E-state index in [1.807, 2.05) is 13.8 Å². The number of ether oxygens (including phenoxy) is 2. The van der Waals surface area contributed by atoms with Gasteiger partial charge in [-0.2, -0.15) is 0 Å². The van der Waals surface area contributed by atoms with E-state index in [0.29, 0.717) is 11.5 Å². The van der Waals surface area contributed by atoms with Crippen molar-refractivity contribution in [3.8, 4) is 11.5 Å². The molecule has 1 aromatic carbocycles. The van der Waals surface area contributed by atoms with Gasteiger partial charge in [0.05, 0.1) is 25.9 Å². The lowest BCUT2D eigenvalue weighted by atomic mass is 10.1. The minimum Gasteiger partial charge on any atom is -0.493 e. The molecular weight excluding hydrogens is 286 g/mol. The summed E-state index contributed by atoms with van der Waals surface area (Å²) in [6, 6.07) is 3.15. The van der Waals surface area contributed by atoms with E-state index in [2.05, 4.69) is 15.9 Å². The smallest absolute Gasteiger partial charge is 0.161 e. The SMILES string of the molecule is COc1cc(Br)c(C(N)CO)cc1OC(C)C. The fourth-order valence-corrected chi connectivity index (χ4v) is 2.06. The van der Waals surface area contributed by atoms with Gasteiger partial charge in [-0.05, 0) is 31.5 Å². The van der Waals surface area contributed by atoms with Crippen molar-refractivity contribution in [1.82, 2.24) is 0 Å². The summed E-state index contributed by atoms with van der Waals surface area (Å²) < 4.78 is 11.7. The molecule has 0 aliphatic rings. The highest BCUT2D eigenvalue weighted by Crippen LogP contribution is 2.36. The number of rotatable bonds is 5. The third-order valence-corrected chi connectivity index (χ3v) is 2.93. The van der Waals surface area contributed by atoms with Crippen LogP contribution in [0.3, 0.4) is 0 Å². The Hall–Kier alpha value is -0.780. The van der Waals surface area contributed by atoms with Crippen LogP contribution in [0.1, 0.15) is 25.5 Å². The van der Waals surface area contributed by atoms with Crippen LogP contribution in [0.2, 0.25) is 0 Å². The average molecular weight is 304 g/mol. The Morgan fingerprint density at radius 3 is 2.47 bits per heavy atom. The molecule has 0 bridgehead atoms. The largest absolute Gasteiger partial charge is 0.493 e. The summed E-state index contributed by atoms with van der Waals surface area (Å²) >= 11 is 3.40. The summed E-state index contributed by atoms with van der Waals surface area (Å²) in [6.07, 6.45) is 0.0447. The molecule has 0 spiro atoms. The molecule has 0 amide bonds. The predicted octanol–water partition coefficient (Wildman–Crippen LogP) is 2.24. The van der Waals surface area contributed by atoms with E-state index in [1.165, 1.54) is 0 Å². The van der Waals surface area contributed by atoms with Crippen molar-refractivity contribution in [2.75, 3.05) is 13.7 Å². The third-order valence-electron chi connectivity index (χ3n) is 2.24. The molecular formula is C12H18BrNO3. The maximum atomic E-state index is 9.09. The number of aliphatic hydroxyl groups is 1. The van der Waals surface area contributed by atoms with Gasteiger partial charge in [-0.1, -0.05) is 15.9 Å². The van der Waals surface area contributed by atoms with Gasteiger partial charge in [-0.25, -0.2) is 0 Å². The molecule has 3 N–H and O–H groups in total. The van der Waals surface area contributed by atoms with Crippen LogP contribution in [0.4, 0.5) is 0 Å². The Morgan fingerprint density at radius 2 is 2.00 bits per heavy atom. The van der Waals surface area contributed by atoms with E-state index in [1.54, 1.807) is 19.2 Å². The number of benzene rings is 1. The molecule has 0 saturated heterocycles. The highest BCUT2D eigenvalue weighted by atomic mass is 79.9. The third kappa shape index (κ3) is 3.59. The van der Waals surface area contributed by atoms with Crippen molar-refractivity contribution >= 4 is 15.9 Å². The number of methoxy groups -OCH3 is 1. The maximum Gasteiger partial charge on any atom is 0.161 e. The molecule has 4 nitrogen and oxygen atoms in total. The normalized spacial score (nSPS) is 12.6. The highest BCUT2D eigenvalue weighted by molar-refractivity contribution is 9.10. The van der Waals surface area contributed by atoms with Crippen LogP contribution in [-0.2, 0) is 0 Å². The molecule has 0 aliphatic heterocycles. The van der Waals surface area contributed by atoms with Crippen LogP contribution in [-0.4, -0.2) is 24.9 Å². The molecule has 17 heavy (non-hydrogen) atoms. The topological polar surface area (TPSA) is 64.7 Å². The minimum absolute atomic E-state index is 0.0447. The van der Waals surface area contributed by atoms with Crippen molar-refractivity contribution in [1.29, 1.82) is 0 Å². The zero-order valence-electron chi connectivity index (χ0n) is 10.2. The molecule has 1 atom stereocenters. The fraction of sp³-hybridized carbons (Fsp3) is 0.500. The van der Waals surface area contributed by atoms with Gasteiger partial charge in [0.25, 0.3) is 0 Å². The van der Waals surface area contributed by atoms with Crippen LogP contribution in [0.15, 0.2) is 16.6 Å². The van der Waals surface area contributed by atoms with Crippen LogP contribution in [0.25, 0.3) is 0 Å². The number of aliphatic hydroxyl groups excluding tert-OH is 1. The molecule has 0 radical (unpaired) electrons. The van der Waals surface area contributed by atoms with Crippen molar-refractivity contribution in [3.05, 3.63) is 22.2 Å². The second-order valence-electron chi connectivity index (χ2n) is 3.98. The number of hydrogen-bond acceptors (Lipinski definition) is 4. The molecule has 0 fully saturated rings. The first kappa shape index (κ1) is 14.3. The van der Waals surface area contributed by atoms with Gasteiger partial charge < -0.3 is 20.3 Å². The Bertz CT molecular complexity index is 382. The van der Waals surface area contributed by atoms with Crippen molar-refractivity contribution in [2.24, 2.45) is 5.73 Å². The molecule has 96 valence electrons. The Morgan fingerprint density at radius 1 is 1.35 bits per heavy atom. The lowest BCUT2D eigenvalue weighted by molar-refractivity contribution is 0.228.